The van der Waals surface area contributed by atoms with Crippen molar-refractivity contribution in [2.75, 3.05) is 0 Å². The first-order valence-corrected chi connectivity index (χ1v) is 5.52. The third kappa shape index (κ3) is 9.62. The van der Waals surface area contributed by atoms with Crippen molar-refractivity contribution in [3.05, 3.63) is 11.6 Å². The lowest BCUT2D eigenvalue weighted by atomic mass is 10.1. The minimum atomic E-state index is -0.282. The molecule has 0 rings (SSSR count). The largest absolute Gasteiger partial charge is 0.389 e. The van der Waals surface area contributed by atoms with Gasteiger partial charge >= 0.3 is 0 Å². The van der Waals surface area contributed by atoms with Gasteiger partial charge in [-0.1, -0.05) is 44.3 Å². The Morgan fingerprint density at radius 2 is 1.85 bits per heavy atom. The Morgan fingerprint density at radius 3 is 2.38 bits per heavy atom. The highest BCUT2D eigenvalue weighted by atomic mass is 16.3. The van der Waals surface area contributed by atoms with Crippen LogP contribution >= 0.6 is 0 Å². The van der Waals surface area contributed by atoms with Crippen LogP contribution in [-0.2, 0) is 0 Å². The van der Waals surface area contributed by atoms with Crippen LogP contribution in [0.1, 0.15) is 59.3 Å². The molecule has 1 unspecified atom stereocenters. The number of aliphatic hydroxyl groups is 1. The summed E-state index contributed by atoms with van der Waals surface area (Å²) in [6.07, 6.45) is 9.44. The lowest BCUT2D eigenvalue weighted by Gasteiger charge is -2.03. The second-order valence-electron chi connectivity index (χ2n) is 3.92. The molecule has 0 radical (unpaired) electrons. The van der Waals surface area contributed by atoms with Gasteiger partial charge in [-0.05, 0) is 26.7 Å². The van der Waals surface area contributed by atoms with Crippen LogP contribution in [0.4, 0.5) is 0 Å². The van der Waals surface area contributed by atoms with Crippen molar-refractivity contribution >= 4 is 0 Å². The Bertz CT molecular complexity index is 136. The number of hydrogen-bond donors (Lipinski definition) is 1. The van der Waals surface area contributed by atoms with E-state index in [1.165, 1.54) is 37.7 Å². The molecule has 1 atom stereocenters. The topological polar surface area (TPSA) is 20.2 Å². The third-order valence-electron chi connectivity index (χ3n) is 2.20. The first-order chi connectivity index (χ1) is 6.16. The van der Waals surface area contributed by atoms with Gasteiger partial charge in [0.2, 0.25) is 0 Å². The molecule has 0 bridgehead atoms. The van der Waals surface area contributed by atoms with Gasteiger partial charge in [0.1, 0.15) is 0 Å². The maximum atomic E-state index is 9.09. The van der Waals surface area contributed by atoms with Crippen LogP contribution in [0.3, 0.4) is 0 Å². The molecule has 0 saturated heterocycles. The van der Waals surface area contributed by atoms with Gasteiger partial charge in [0, 0.05) is 0 Å². The van der Waals surface area contributed by atoms with E-state index in [1.54, 1.807) is 6.92 Å². The molecule has 0 aromatic carbocycles. The number of aliphatic hydroxyl groups excluding tert-OH is 1. The lowest BCUT2D eigenvalue weighted by molar-refractivity contribution is 0.243. The van der Waals surface area contributed by atoms with E-state index in [9.17, 15) is 0 Å². The van der Waals surface area contributed by atoms with E-state index >= 15 is 0 Å². The first-order valence-electron chi connectivity index (χ1n) is 5.52. The molecule has 0 spiro atoms. The Hall–Kier alpha value is -0.300. The highest BCUT2D eigenvalue weighted by Gasteiger charge is 1.94. The molecule has 0 saturated carbocycles. The quantitative estimate of drug-likeness (QED) is 0.473. The molecule has 0 aromatic rings. The Labute approximate surface area is 82.9 Å². The Balaban J connectivity index is 3.31. The van der Waals surface area contributed by atoms with Crippen molar-refractivity contribution in [1.29, 1.82) is 0 Å². The van der Waals surface area contributed by atoms with Crippen molar-refractivity contribution in [1.82, 2.24) is 0 Å². The summed E-state index contributed by atoms with van der Waals surface area (Å²) in [6.45, 7) is 6.14. The van der Waals surface area contributed by atoms with E-state index in [0.29, 0.717) is 0 Å². The fourth-order valence-corrected chi connectivity index (χ4v) is 1.50. The van der Waals surface area contributed by atoms with Crippen molar-refractivity contribution in [3.63, 3.8) is 0 Å². The predicted molar refractivity (Wildman–Crippen MR) is 58.8 cm³/mol. The smallest absolute Gasteiger partial charge is 0.0695 e. The zero-order valence-corrected chi connectivity index (χ0v) is 9.34. The fraction of sp³-hybridized carbons (Fsp3) is 0.833. The molecule has 0 heterocycles. The van der Waals surface area contributed by atoms with Gasteiger partial charge in [0.05, 0.1) is 6.10 Å². The zero-order valence-electron chi connectivity index (χ0n) is 9.34. The van der Waals surface area contributed by atoms with E-state index in [0.717, 1.165) is 6.42 Å². The number of rotatable bonds is 7. The van der Waals surface area contributed by atoms with Crippen molar-refractivity contribution in [3.8, 4) is 0 Å². The Kier molecular flexibility index (Phi) is 8.11. The molecular formula is C12H24O. The molecule has 0 amide bonds. The summed E-state index contributed by atoms with van der Waals surface area (Å²) in [5, 5.41) is 9.09. The second-order valence-corrected chi connectivity index (χ2v) is 3.92. The van der Waals surface area contributed by atoms with Crippen LogP contribution in [0.15, 0.2) is 11.6 Å². The van der Waals surface area contributed by atoms with Crippen LogP contribution < -0.4 is 0 Å². The van der Waals surface area contributed by atoms with Gasteiger partial charge in [-0.15, -0.1) is 0 Å². The first kappa shape index (κ1) is 12.7. The molecule has 1 heteroatoms. The molecule has 0 aromatic heterocycles. The van der Waals surface area contributed by atoms with Crippen LogP contribution in [0.25, 0.3) is 0 Å². The number of hydrogen-bond acceptors (Lipinski definition) is 1. The van der Waals surface area contributed by atoms with E-state index in [2.05, 4.69) is 13.8 Å². The zero-order chi connectivity index (χ0) is 10.1. The van der Waals surface area contributed by atoms with Gasteiger partial charge in [-0.25, -0.2) is 0 Å². The molecule has 1 N–H and O–H groups in total. The SMILES string of the molecule is CCCCCCCC(C)=CC(C)O. The highest BCUT2D eigenvalue weighted by molar-refractivity contribution is 5.00. The standard InChI is InChI=1S/C12H24O/c1-4-5-6-7-8-9-11(2)10-12(3)13/h10,12-13H,4-9H2,1-3H3. The minimum Gasteiger partial charge on any atom is -0.389 e. The molecule has 0 fully saturated rings. The molecule has 0 aliphatic heterocycles. The molecule has 0 aliphatic rings. The summed E-state index contributed by atoms with van der Waals surface area (Å²) >= 11 is 0. The average Bonchev–Trinajstić information content (AvgIpc) is 2.02. The molecular weight excluding hydrogens is 160 g/mol. The van der Waals surface area contributed by atoms with Gasteiger partial charge in [-0.2, -0.15) is 0 Å². The third-order valence-corrected chi connectivity index (χ3v) is 2.20. The average molecular weight is 184 g/mol. The number of allylic oxidation sites excluding steroid dienone is 1. The molecule has 0 aliphatic carbocycles. The maximum absolute atomic E-state index is 9.09. The summed E-state index contributed by atoms with van der Waals surface area (Å²) in [5.74, 6) is 0. The van der Waals surface area contributed by atoms with E-state index in [-0.39, 0.29) is 6.10 Å². The van der Waals surface area contributed by atoms with E-state index < -0.39 is 0 Å². The van der Waals surface area contributed by atoms with Crippen LogP contribution in [0.2, 0.25) is 0 Å². The van der Waals surface area contributed by atoms with Crippen molar-refractivity contribution in [2.24, 2.45) is 0 Å². The fourth-order valence-electron chi connectivity index (χ4n) is 1.50. The van der Waals surface area contributed by atoms with E-state index in [1.807, 2.05) is 6.08 Å². The normalized spacial score (nSPS) is 14.6. The molecule has 78 valence electrons. The van der Waals surface area contributed by atoms with Crippen LogP contribution in [-0.4, -0.2) is 11.2 Å². The number of unbranched alkanes of at least 4 members (excludes halogenated alkanes) is 4. The summed E-state index contributed by atoms with van der Waals surface area (Å²) in [5.41, 5.74) is 1.33. The van der Waals surface area contributed by atoms with Crippen molar-refractivity contribution < 1.29 is 5.11 Å². The summed E-state index contributed by atoms with van der Waals surface area (Å²) in [7, 11) is 0. The Morgan fingerprint density at radius 1 is 1.23 bits per heavy atom. The highest BCUT2D eigenvalue weighted by Crippen LogP contribution is 2.10. The van der Waals surface area contributed by atoms with Gasteiger partial charge in [0.25, 0.3) is 0 Å². The monoisotopic (exact) mass is 184 g/mol. The summed E-state index contributed by atoms with van der Waals surface area (Å²) in [4.78, 5) is 0. The van der Waals surface area contributed by atoms with Gasteiger partial charge in [-0.3, -0.25) is 0 Å². The summed E-state index contributed by atoms with van der Waals surface area (Å²) in [6, 6.07) is 0. The van der Waals surface area contributed by atoms with Crippen LogP contribution in [0.5, 0.6) is 0 Å². The van der Waals surface area contributed by atoms with Crippen molar-refractivity contribution in [2.45, 2.75) is 65.4 Å². The van der Waals surface area contributed by atoms with Gasteiger partial charge in [0.15, 0.2) is 0 Å². The summed E-state index contributed by atoms with van der Waals surface area (Å²) < 4.78 is 0. The second kappa shape index (κ2) is 8.31. The van der Waals surface area contributed by atoms with Crippen LogP contribution in [0, 0.1) is 0 Å². The minimum absolute atomic E-state index is 0.282. The maximum Gasteiger partial charge on any atom is 0.0695 e. The van der Waals surface area contributed by atoms with Gasteiger partial charge < -0.3 is 5.11 Å². The lowest BCUT2D eigenvalue weighted by Crippen LogP contribution is -1.94. The molecule has 13 heavy (non-hydrogen) atoms. The van der Waals surface area contributed by atoms with E-state index in [4.69, 9.17) is 5.11 Å². The molecule has 1 nitrogen and oxygen atoms in total. The predicted octanol–water partition coefficient (Wildman–Crippen LogP) is 3.67.